The predicted octanol–water partition coefficient (Wildman–Crippen LogP) is 1.40. The van der Waals surface area contributed by atoms with Gasteiger partial charge in [0.05, 0.1) is 5.56 Å². The van der Waals surface area contributed by atoms with Crippen molar-refractivity contribution in [3.8, 4) is 0 Å². The molecule has 1 N–H and O–H groups in total. The van der Waals surface area contributed by atoms with E-state index >= 15 is 0 Å². The van der Waals surface area contributed by atoms with E-state index < -0.39 is 47.3 Å². The molecule has 1 aromatic rings. The lowest BCUT2D eigenvalue weighted by atomic mass is 10.1. The summed E-state index contributed by atoms with van der Waals surface area (Å²) in [6.07, 6.45) is 0. The van der Waals surface area contributed by atoms with Gasteiger partial charge in [0.2, 0.25) is 0 Å². The Morgan fingerprint density at radius 3 is 2.22 bits per heavy atom. The zero-order chi connectivity index (χ0) is 14.0. The molecule has 0 spiro atoms. The first-order chi connectivity index (χ1) is 8.25. The Hall–Kier alpha value is -2.12. The minimum Gasteiger partial charge on any atom is -0.480 e. The van der Waals surface area contributed by atoms with Crippen LogP contribution in [0.15, 0.2) is 6.07 Å². The monoisotopic (exact) mass is 265 g/mol. The Morgan fingerprint density at radius 1 is 1.17 bits per heavy atom. The number of aliphatic carboxylic acids is 1. The number of carbonyl (C=O) groups excluding carboxylic acids is 1. The summed E-state index contributed by atoms with van der Waals surface area (Å²) in [6, 6.07) is 0.175. The minimum absolute atomic E-state index is 0.175. The van der Waals surface area contributed by atoms with Crippen LogP contribution >= 0.6 is 0 Å². The summed E-state index contributed by atoms with van der Waals surface area (Å²) in [5.74, 6) is -10.4. The number of carbonyl (C=O) groups is 2. The number of nitrogens with zero attached hydrogens (tertiary/aromatic N) is 1. The number of hydrogen-bond donors (Lipinski definition) is 1. The number of rotatable bonds is 3. The van der Waals surface area contributed by atoms with Crippen LogP contribution in [0.1, 0.15) is 10.4 Å². The Balaban J connectivity index is 3.18. The quantitative estimate of drug-likeness (QED) is 0.510. The molecule has 0 saturated heterocycles. The predicted molar refractivity (Wildman–Crippen MR) is 50.9 cm³/mol. The van der Waals surface area contributed by atoms with Crippen LogP contribution < -0.4 is 0 Å². The number of benzene rings is 1. The van der Waals surface area contributed by atoms with Crippen LogP contribution in [0.2, 0.25) is 0 Å². The maximum absolute atomic E-state index is 13.2. The van der Waals surface area contributed by atoms with Crippen molar-refractivity contribution >= 4 is 11.9 Å². The van der Waals surface area contributed by atoms with Gasteiger partial charge in [0, 0.05) is 7.05 Å². The maximum atomic E-state index is 13.2. The SMILES string of the molecule is CN(CC(=O)O)C(=O)c1cc(F)c(F)c(F)c1F. The summed E-state index contributed by atoms with van der Waals surface area (Å²) >= 11 is 0. The molecule has 0 aliphatic heterocycles. The van der Waals surface area contributed by atoms with E-state index in [0.29, 0.717) is 4.90 Å². The highest BCUT2D eigenvalue weighted by Crippen LogP contribution is 2.19. The molecule has 1 rings (SSSR count). The molecule has 0 fully saturated rings. The van der Waals surface area contributed by atoms with Gasteiger partial charge < -0.3 is 10.0 Å². The molecule has 1 aromatic carbocycles. The summed E-state index contributed by atoms with van der Waals surface area (Å²) in [4.78, 5) is 22.3. The molecule has 98 valence electrons. The lowest BCUT2D eigenvalue weighted by Crippen LogP contribution is -2.32. The molecule has 1 amide bonds. The van der Waals surface area contributed by atoms with Crippen LogP contribution in [-0.4, -0.2) is 35.5 Å². The number of likely N-dealkylation sites (N-methyl/N-ethyl adjacent to an activating group) is 1. The Bertz CT molecular complexity index is 518. The number of hydrogen-bond acceptors (Lipinski definition) is 2. The lowest BCUT2D eigenvalue weighted by molar-refractivity contribution is -0.137. The topological polar surface area (TPSA) is 57.6 Å². The number of halogens is 4. The first-order valence-corrected chi connectivity index (χ1v) is 4.56. The number of amides is 1. The van der Waals surface area contributed by atoms with E-state index in [-0.39, 0.29) is 6.07 Å². The van der Waals surface area contributed by atoms with E-state index in [2.05, 4.69) is 0 Å². The summed E-state index contributed by atoms with van der Waals surface area (Å²) in [7, 11) is 0.995. The third-order valence-electron chi connectivity index (χ3n) is 2.05. The summed E-state index contributed by atoms with van der Waals surface area (Å²) in [6.45, 7) is -0.793. The van der Waals surface area contributed by atoms with Crippen molar-refractivity contribution in [2.45, 2.75) is 0 Å². The minimum atomic E-state index is -2.12. The first kappa shape index (κ1) is 13.9. The highest BCUT2D eigenvalue weighted by Gasteiger charge is 2.25. The second kappa shape index (κ2) is 5.03. The summed E-state index contributed by atoms with van der Waals surface area (Å²) in [5, 5.41) is 8.41. The van der Waals surface area contributed by atoms with Crippen molar-refractivity contribution < 1.29 is 32.3 Å². The van der Waals surface area contributed by atoms with Gasteiger partial charge in [0.1, 0.15) is 6.54 Å². The standard InChI is InChI=1S/C10H7F4NO3/c1-15(3-6(16)17)10(18)4-2-5(11)8(13)9(14)7(4)12/h2H,3H2,1H3,(H,16,17). The molecular weight excluding hydrogens is 258 g/mol. The zero-order valence-corrected chi connectivity index (χ0v) is 9.01. The average Bonchev–Trinajstić information content (AvgIpc) is 2.29. The third kappa shape index (κ3) is 2.58. The smallest absolute Gasteiger partial charge is 0.323 e. The van der Waals surface area contributed by atoms with Crippen molar-refractivity contribution in [1.82, 2.24) is 4.90 Å². The van der Waals surface area contributed by atoms with Gasteiger partial charge in [-0.15, -0.1) is 0 Å². The van der Waals surface area contributed by atoms with Gasteiger partial charge in [0.15, 0.2) is 23.3 Å². The van der Waals surface area contributed by atoms with Crippen molar-refractivity contribution in [3.63, 3.8) is 0 Å². The average molecular weight is 265 g/mol. The van der Waals surface area contributed by atoms with Gasteiger partial charge in [-0.1, -0.05) is 0 Å². The van der Waals surface area contributed by atoms with Crippen LogP contribution in [0.4, 0.5) is 17.6 Å². The Kier molecular flexibility index (Phi) is 3.89. The van der Waals surface area contributed by atoms with Gasteiger partial charge >= 0.3 is 5.97 Å². The van der Waals surface area contributed by atoms with E-state index in [1.165, 1.54) is 0 Å². The fourth-order valence-electron chi connectivity index (χ4n) is 1.21. The second-order valence-corrected chi connectivity index (χ2v) is 3.40. The first-order valence-electron chi connectivity index (χ1n) is 4.56. The molecule has 8 heteroatoms. The molecule has 0 bridgehead atoms. The molecule has 0 unspecified atom stereocenters. The molecule has 0 radical (unpaired) electrons. The van der Waals surface area contributed by atoms with Crippen LogP contribution in [0.3, 0.4) is 0 Å². The molecule has 0 aliphatic carbocycles. The van der Waals surface area contributed by atoms with E-state index in [1.807, 2.05) is 0 Å². The molecular formula is C10H7F4NO3. The highest BCUT2D eigenvalue weighted by atomic mass is 19.2. The van der Waals surface area contributed by atoms with Crippen molar-refractivity contribution in [2.24, 2.45) is 0 Å². The van der Waals surface area contributed by atoms with Crippen LogP contribution in [0, 0.1) is 23.3 Å². The number of carboxylic acids is 1. The van der Waals surface area contributed by atoms with Gasteiger partial charge in [-0.05, 0) is 6.07 Å². The molecule has 0 aromatic heterocycles. The highest BCUT2D eigenvalue weighted by molar-refractivity contribution is 5.95. The second-order valence-electron chi connectivity index (χ2n) is 3.40. The van der Waals surface area contributed by atoms with E-state index in [1.54, 1.807) is 0 Å². The molecule has 0 heterocycles. The zero-order valence-electron chi connectivity index (χ0n) is 9.01. The summed E-state index contributed by atoms with van der Waals surface area (Å²) < 4.78 is 51.6. The van der Waals surface area contributed by atoms with Crippen molar-refractivity contribution in [2.75, 3.05) is 13.6 Å². The Morgan fingerprint density at radius 2 is 1.72 bits per heavy atom. The molecule has 18 heavy (non-hydrogen) atoms. The molecule has 4 nitrogen and oxygen atoms in total. The molecule has 0 aliphatic rings. The largest absolute Gasteiger partial charge is 0.480 e. The molecule has 0 saturated carbocycles. The fourth-order valence-corrected chi connectivity index (χ4v) is 1.21. The van der Waals surface area contributed by atoms with Crippen LogP contribution in [-0.2, 0) is 4.79 Å². The van der Waals surface area contributed by atoms with Gasteiger partial charge in [-0.25, -0.2) is 17.6 Å². The van der Waals surface area contributed by atoms with Gasteiger partial charge in [-0.2, -0.15) is 0 Å². The van der Waals surface area contributed by atoms with Crippen LogP contribution in [0.5, 0.6) is 0 Å². The fraction of sp³-hybridized carbons (Fsp3) is 0.200. The Labute approximate surface area is 98.4 Å². The maximum Gasteiger partial charge on any atom is 0.323 e. The van der Waals surface area contributed by atoms with E-state index in [0.717, 1.165) is 7.05 Å². The van der Waals surface area contributed by atoms with Crippen molar-refractivity contribution in [1.29, 1.82) is 0 Å². The van der Waals surface area contributed by atoms with Crippen molar-refractivity contribution in [3.05, 3.63) is 34.9 Å². The third-order valence-corrected chi connectivity index (χ3v) is 2.05. The van der Waals surface area contributed by atoms with Gasteiger partial charge in [0.25, 0.3) is 5.91 Å². The van der Waals surface area contributed by atoms with E-state index in [9.17, 15) is 27.2 Å². The van der Waals surface area contributed by atoms with Gasteiger partial charge in [-0.3, -0.25) is 9.59 Å². The lowest BCUT2D eigenvalue weighted by Gasteiger charge is -2.15. The van der Waals surface area contributed by atoms with E-state index in [4.69, 9.17) is 5.11 Å². The van der Waals surface area contributed by atoms with Crippen LogP contribution in [0.25, 0.3) is 0 Å². The summed E-state index contributed by atoms with van der Waals surface area (Å²) in [5.41, 5.74) is -1.07. The number of carboxylic acid groups (broad SMARTS) is 1. The molecule has 0 atom stereocenters. The normalized spacial score (nSPS) is 10.3.